The Hall–Kier alpha value is -7.30. The van der Waals surface area contributed by atoms with E-state index in [4.69, 9.17) is 9.97 Å². The maximum absolute atomic E-state index is 5.62. The third-order valence-corrected chi connectivity index (χ3v) is 11.8. The molecule has 4 nitrogen and oxygen atoms in total. The van der Waals surface area contributed by atoms with Gasteiger partial charge in [-0.3, -0.25) is 4.57 Å². The zero-order valence-corrected chi connectivity index (χ0v) is 29.0. The van der Waals surface area contributed by atoms with Crippen LogP contribution in [0.3, 0.4) is 0 Å². The molecule has 0 aliphatic carbocycles. The maximum Gasteiger partial charge on any atom is 0.165 e. The molecule has 13 aromatic rings. The average molecular weight is 685 g/mol. The maximum atomic E-state index is 5.62. The van der Waals surface area contributed by atoms with Crippen LogP contribution >= 0.6 is 0 Å². The first-order chi connectivity index (χ1) is 26.8. The van der Waals surface area contributed by atoms with Gasteiger partial charge in [0.1, 0.15) is 5.69 Å². The number of rotatable bonds is 3. The lowest BCUT2D eigenvalue weighted by atomic mass is 9.97. The molecule has 0 bridgehead atoms. The number of aromatic nitrogens is 4. The second kappa shape index (κ2) is 10.2. The molecule has 0 spiro atoms. The highest BCUT2D eigenvalue weighted by atomic mass is 15.1. The van der Waals surface area contributed by atoms with E-state index in [1.807, 2.05) is 0 Å². The van der Waals surface area contributed by atoms with Gasteiger partial charge in [-0.1, -0.05) is 133 Å². The van der Waals surface area contributed by atoms with Crippen molar-refractivity contribution in [3.05, 3.63) is 170 Å². The number of para-hydroxylation sites is 1. The molecule has 0 saturated heterocycles. The van der Waals surface area contributed by atoms with Gasteiger partial charge < -0.3 is 4.40 Å². The molecule has 0 N–H and O–H groups in total. The summed E-state index contributed by atoms with van der Waals surface area (Å²) in [5.41, 5.74) is 11.9. The molecule has 4 heterocycles. The van der Waals surface area contributed by atoms with Crippen LogP contribution in [0.25, 0.3) is 121 Å². The highest BCUT2D eigenvalue weighted by molar-refractivity contribution is 6.37. The minimum absolute atomic E-state index is 0.824. The fourth-order valence-electron chi connectivity index (χ4n) is 9.48. The van der Waals surface area contributed by atoms with Gasteiger partial charge in [-0.25, -0.2) is 9.97 Å². The van der Waals surface area contributed by atoms with Crippen LogP contribution in [0.4, 0.5) is 0 Å². The molecular formula is C50H28N4. The Labute approximate surface area is 308 Å². The fourth-order valence-corrected chi connectivity index (χ4v) is 9.48. The zero-order valence-electron chi connectivity index (χ0n) is 29.0. The van der Waals surface area contributed by atoms with Crippen molar-refractivity contribution >= 4 is 92.5 Å². The van der Waals surface area contributed by atoms with E-state index in [2.05, 4.69) is 179 Å². The summed E-state index contributed by atoms with van der Waals surface area (Å²) in [6, 6.07) is 61.5. The van der Waals surface area contributed by atoms with Crippen molar-refractivity contribution in [1.82, 2.24) is 18.9 Å². The molecule has 0 amide bonds. The second-order valence-corrected chi connectivity index (χ2v) is 14.5. The Balaban J connectivity index is 1.25. The van der Waals surface area contributed by atoms with E-state index in [1.165, 1.54) is 65.2 Å². The van der Waals surface area contributed by atoms with Crippen molar-refractivity contribution in [3.63, 3.8) is 0 Å². The number of nitrogens with zero attached hydrogens (tertiary/aromatic N) is 4. The third kappa shape index (κ3) is 3.57. The molecule has 0 aliphatic heterocycles. The van der Waals surface area contributed by atoms with Gasteiger partial charge in [0.05, 0.1) is 38.6 Å². The molecule has 0 atom stereocenters. The Bertz CT molecular complexity index is 3660. The van der Waals surface area contributed by atoms with Crippen molar-refractivity contribution in [2.45, 2.75) is 0 Å². The Morgan fingerprint density at radius 2 is 1.04 bits per heavy atom. The Kier molecular flexibility index (Phi) is 5.34. The van der Waals surface area contributed by atoms with Crippen LogP contribution in [0.1, 0.15) is 0 Å². The molecule has 0 fully saturated rings. The van der Waals surface area contributed by atoms with Crippen molar-refractivity contribution in [1.29, 1.82) is 0 Å². The minimum atomic E-state index is 0.824. The van der Waals surface area contributed by atoms with Crippen LogP contribution in [0.5, 0.6) is 0 Å². The summed E-state index contributed by atoms with van der Waals surface area (Å²) in [7, 11) is 0. The molecule has 0 saturated carbocycles. The molecule has 0 radical (unpaired) electrons. The number of hydrogen-bond donors (Lipinski definition) is 0. The van der Waals surface area contributed by atoms with Gasteiger partial charge in [0.25, 0.3) is 0 Å². The summed E-state index contributed by atoms with van der Waals surface area (Å²) >= 11 is 0. The molecule has 0 unspecified atom stereocenters. The summed E-state index contributed by atoms with van der Waals surface area (Å²) in [5, 5.41) is 12.3. The van der Waals surface area contributed by atoms with Crippen LogP contribution in [-0.4, -0.2) is 18.9 Å². The molecule has 13 rings (SSSR count). The lowest BCUT2D eigenvalue weighted by molar-refractivity contribution is 1.08. The van der Waals surface area contributed by atoms with Crippen LogP contribution in [0.2, 0.25) is 0 Å². The van der Waals surface area contributed by atoms with Crippen molar-refractivity contribution in [2.24, 2.45) is 0 Å². The van der Waals surface area contributed by atoms with E-state index in [0.29, 0.717) is 0 Å². The lowest BCUT2D eigenvalue weighted by Gasteiger charge is -2.16. The first kappa shape index (κ1) is 28.3. The summed E-state index contributed by atoms with van der Waals surface area (Å²) in [5.74, 6) is 0.824. The highest BCUT2D eigenvalue weighted by Crippen LogP contribution is 2.48. The van der Waals surface area contributed by atoms with Crippen LogP contribution in [-0.2, 0) is 0 Å². The summed E-state index contributed by atoms with van der Waals surface area (Å²) in [6.07, 6.45) is 0. The first-order valence-electron chi connectivity index (χ1n) is 18.5. The zero-order chi connectivity index (χ0) is 35.1. The largest absolute Gasteiger partial charge is 0.308 e. The van der Waals surface area contributed by atoms with Gasteiger partial charge >= 0.3 is 0 Å². The van der Waals surface area contributed by atoms with Gasteiger partial charge in [-0.2, -0.15) is 0 Å². The number of hydrogen-bond acceptors (Lipinski definition) is 2. The van der Waals surface area contributed by atoms with Gasteiger partial charge in [0.15, 0.2) is 5.82 Å². The highest BCUT2D eigenvalue weighted by Gasteiger charge is 2.27. The normalized spacial score (nSPS) is 12.4. The van der Waals surface area contributed by atoms with Gasteiger partial charge in [-0.15, -0.1) is 0 Å². The lowest BCUT2D eigenvalue weighted by Crippen LogP contribution is -2.04. The standard InChI is InChI=1S/C50H28N4/c1-2-10-29(11-3-1)33-14-8-15-34(28-33)47-50(51-38-25-22-30-12-4-5-16-35(30)48(38)52-47)54-41-26-23-32-21-20-31-13-9-19-40-43(31)44(32)45(41)46-42(54)27-24-37-36-17-6-7-18-39(36)53(40)49(37)46/h1-28H. The first-order valence-corrected chi connectivity index (χ1v) is 18.5. The number of fused-ring (bicyclic) bond motifs is 7. The van der Waals surface area contributed by atoms with Crippen LogP contribution < -0.4 is 0 Å². The van der Waals surface area contributed by atoms with E-state index in [9.17, 15) is 0 Å². The van der Waals surface area contributed by atoms with Crippen LogP contribution in [0.15, 0.2) is 170 Å². The third-order valence-electron chi connectivity index (χ3n) is 11.8. The van der Waals surface area contributed by atoms with Crippen molar-refractivity contribution in [3.8, 4) is 28.2 Å². The second-order valence-electron chi connectivity index (χ2n) is 14.5. The molecule has 9 aromatic carbocycles. The summed E-state index contributed by atoms with van der Waals surface area (Å²) < 4.78 is 4.91. The number of benzene rings is 9. The van der Waals surface area contributed by atoms with E-state index in [-0.39, 0.29) is 0 Å². The summed E-state index contributed by atoms with van der Waals surface area (Å²) in [4.78, 5) is 11.2. The molecule has 4 heteroatoms. The predicted octanol–water partition coefficient (Wildman–Crippen LogP) is 13.0. The van der Waals surface area contributed by atoms with Crippen molar-refractivity contribution < 1.29 is 0 Å². The van der Waals surface area contributed by atoms with E-state index in [0.717, 1.165) is 55.5 Å². The SMILES string of the molecule is c1ccc(-c2cccc(-c3nc4c(ccc5ccccc54)nc3-n3c4ccc5ccc6cccc7c6c5c4c4c3ccc3c5ccccc5n7c34)c2)cc1. The Morgan fingerprint density at radius 1 is 0.370 bits per heavy atom. The predicted molar refractivity (Wildman–Crippen MR) is 226 cm³/mol. The topological polar surface area (TPSA) is 35.1 Å². The smallest absolute Gasteiger partial charge is 0.165 e. The van der Waals surface area contributed by atoms with Gasteiger partial charge in [0.2, 0.25) is 0 Å². The van der Waals surface area contributed by atoms with Crippen LogP contribution in [0, 0.1) is 0 Å². The molecule has 248 valence electrons. The molecule has 54 heavy (non-hydrogen) atoms. The molecular weight excluding hydrogens is 657 g/mol. The minimum Gasteiger partial charge on any atom is -0.308 e. The van der Waals surface area contributed by atoms with E-state index >= 15 is 0 Å². The monoisotopic (exact) mass is 684 g/mol. The van der Waals surface area contributed by atoms with Gasteiger partial charge in [0, 0.05) is 43.3 Å². The molecule has 0 aliphatic rings. The van der Waals surface area contributed by atoms with Gasteiger partial charge in [-0.05, 0) is 63.7 Å². The average Bonchev–Trinajstić information content (AvgIpc) is 3.71. The van der Waals surface area contributed by atoms with Crippen molar-refractivity contribution in [2.75, 3.05) is 0 Å². The summed E-state index contributed by atoms with van der Waals surface area (Å²) in [6.45, 7) is 0. The van der Waals surface area contributed by atoms with E-state index < -0.39 is 0 Å². The molecule has 4 aromatic heterocycles. The quantitative estimate of drug-likeness (QED) is 0.174. The van der Waals surface area contributed by atoms with E-state index in [1.54, 1.807) is 0 Å². The Morgan fingerprint density at radius 3 is 1.96 bits per heavy atom. The fraction of sp³-hybridized carbons (Fsp3) is 0.